The first kappa shape index (κ1) is 24.8. The molecule has 0 spiro atoms. The molecule has 0 radical (unpaired) electrons. The van der Waals surface area contributed by atoms with Gasteiger partial charge in [0.15, 0.2) is 11.6 Å². The van der Waals surface area contributed by atoms with Gasteiger partial charge in [0.2, 0.25) is 0 Å². The van der Waals surface area contributed by atoms with Gasteiger partial charge in [-0.3, -0.25) is 19.2 Å². The van der Waals surface area contributed by atoms with Crippen LogP contribution >= 0.6 is 0 Å². The van der Waals surface area contributed by atoms with Crippen LogP contribution in [-0.4, -0.2) is 51.2 Å². The van der Waals surface area contributed by atoms with E-state index in [4.69, 9.17) is 4.74 Å². The van der Waals surface area contributed by atoms with Crippen LogP contribution in [0.2, 0.25) is 0 Å². The number of ether oxygens (including phenoxy) is 1. The van der Waals surface area contributed by atoms with E-state index in [2.05, 4.69) is 9.62 Å². The minimum absolute atomic E-state index is 0.116. The lowest BCUT2D eigenvalue weighted by molar-refractivity contribution is -0.137. The predicted molar refractivity (Wildman–Crippen MR) is 122 cm³/mol. The monoisotopic (exact) mass is 506 g/mol. The standard InChI is InChI=1S/C24H21F3N2O5S/c25-24(26,27)18-3-6-20(7-4-18)35(32,33)28-22-13-16(21-14-19(30)5-8-23(21)31)1-2-17(22)15-29-9-11-34-12-10-29/h1-8,13-14,28H,9-12,15H2. The minimum atomic E-state index is -4.60. The van der Waals surface area contributed by atoms with Crippen LogP contribution in [0.3, 0.4) is 0 Å². The molecule has 1 heterocycles. The number of rotatable bonds is 6. The van der Waals surface area contributed by atoms with Crippen LogP contribution in [0.1, 0.15) is 16.7 Å². The van der Waals surface area contributed by atoms with E-state index in [1.807, 2.05) is 0 Å². The number of alkyl halides is 3. The van der Waals surface area contributed by atoms with Crippen molar-refractivity contribution >= 4 is 32.9 Å². The fourth-order valence-electron chi connectivity index (χ4n) is 3.74. The molecule has 11 heteroatoms. The van der Waals surface area contributed by atoms with Crippen LogP contribution in [0.5, 0.6) is 0 Å². The Morgan fingerprint density at radius 3 is 2.31 bits per heavy atom. The molecule has 2 aliphatic rings. The van der Waals surface area contributed by atoms with Gasteiger partial charge in [0, 0.05) is 25.2 Å². The summed E-state index contributed by atoms with van der Waals surface area (Å²) in [4.78, 5) is 25.8. The highest BCUT2D eigenvalue weighted by Crippen LogP contribution is 2.31. The third kappa shape index (κ3) is 5.87. The van der Waals surface area contributed by atoms with Gasteiger partial charge in [-0.15, -0.1) is 0 Å². The van der Waals surface area contributed by atoms with E-state index in [1.165, 1.54) is 12.1 Å². The summed E-state index contributed by atoms with van der Waals surface area (Å²) in [6.45, 7) is 2.70. The lowest BCUT2D eigenvalue weighted by Gasteiger charge is -2.27. The van der Waals surface area contributed by atoms with E-state index in [1.54, 1.807) is 12.1 Å². The summed E-state index contributed by atoms with van der Waals surface area (Å²) in [6, 6.07) is 7.90. The number of anilines is 1. The fraction of sp³-hybridized carbons (Fsp3) is 0.250. The van der Waals surface area contributed by atoms with E-state index in [-0.39, 0.29) is 21.9 Å². The Hall–Kier alpha value is -3.28. The smallest absolute Gasteiger partial charge is 0.379 e. The Morgan fingerprint density at radius 2 is 1.66 bits per heavy atom. The molecule has 0 amide bonds. The first-order chi connectivity index (χ1) is 16.5. The van der Waals surface area contributed by atoms with Crippen LogP contribution in [0.25, 0.3) is 5.57 Å². The van der Waals surface area contributed by atoms with Gasteiger partial charge < -0.3 is 4.74 Å². The van der Waals surface area contributed by atoms with Crippen molar-refractivity contribution in [2.45, 2.75) is 17.6 Å². The highest BCUT2D eigenvalue weighted by molar-refractivity contribution is 7.92. The topological polar surface area (TPSA) is 92.8 Å². The van der Waals surface area contributed by atoms with Crippen molar-refractivity contribution < 1.29 is 35.9 Å². The summed E-state index contributed by atoms with van der Waals surface area (Å²) < 4.78 is 72.5. The van der Waals surface area contributed by atoms with E-state index in [0.29, 0.717) is 56.1 Å². The SMILES string of the molecule is O=C1C=CC(=O)C(c2ccc(CN3CCOCC3)c(NS(=O)(=O)c3ccc(C(F)(F)F)cc3)c2)=C1. The maximum atomic E-state index is 13.0. The number of benzene rings is 2. The Labute approximate surface area is 199 Å². The molecule has 7 nitrogen and oxygen atoms in total. The zero-order valence-corrected chi connectivity index (χ0v) is 19.2. The number of morpholine rings is 1. The molecule has 1 N–H and O–H groups in total. The predicted octanol–water partition coefficient (Wildman–Crippen LogP) is 3.43. The molecule has 0 aromatic heterocycles. The second-order valence-corrected chi connectivity index (χ2v) is 9.73. The zero-order valence-electron chi connectivity index (χ0n) is 18.3. The van der Waals surface area contributed by atoms with E-state index in [9.17, 15) is 31.2 Å². The van der Waals surface area contributed by atoms with Gasteiger partial charge in [-0.2, -0.15) is 13.2 Å². The molecule has 2 aromatic rings. The van der Waals surface area contributed by atoms with Crippen LogP contribution in [0, 0.1) is 0 Å². The minimum Gasteiger partial charge on any atom is -0.379 e. The van der Waals surface area contributed by atoms with Crippen molar-refractivity contribution in [3.05, 3.63) is 77.4 Å². The number of hydrogen-bond acceptors (Lipinski definition) is 6. The average Bonchev–Trinajstić information content (AvgIpc) is 2.82. The average molecular weight is 507 g/mol. The second kappa shape index (κ2) is 9.76. The molecule has 1 aliphatic carbocycles. The van der Waals surface area contributed by atoms with E-state index >= 15 is 0 Å². The number of carbonyl (C=O) groups is 2. The van der Waals surface area contributed by atoms with E-state index < -0.39 is 27.5 Å². The number of allylic oxidation sites excluding steroid dienone is 4. The highest BCUT2D eigenvalue weighted by atomic mass is 32.2. The summed E-state index contributed by atoms with van der Waals surface area (Å²) in [5.74, 6) is -0.772. The molecular weight excluding hydrogens is 485 g/mol. The zero-order chi connectivity index (χ0) is 25.2. The number of hydrogen-bond donors (Lipinski definition) is 1. The number of carbonyl (C=O) groups excluding carboxylic acids is 2. The number of nitrogens with one attached hydrogen (secondary N) is 1. The highest BCUT2D eigenvalue weighted by Gasteiger charge is 2.31. The van der Waals surface area contributed by atoms with E-state index in [0.717, 1.165) is 24.3 Å². The van der Waals surface area contributed by atoms with Gasteiger partial charge in [-0.05, 0) is 59.7 Å². The molecular formula is C24H21F3N2O5S. The maximum Gasteiger partial charge on any atom is 0.416 e. The van der Waals surface area contributed by atoms with Gasteiger partial charge in [0.1, 0.15) is 0 Å². The first-order valence-corrected chi connectivity index (χ1v) is 12.1. The van der Waals surface area contributed by atoms with Crippen LogP contribution in [-0.2, 0) is 37.1 Å². The summed E-state index contributed by atoms with van der Waals surface area (Å²) >= 11 is 0. The summed E-state index contributed by atoms with van der Waals surface area (Å²) in [6.07, 6.45) is -1.13. The third-order valence-electron chi connectivity index (χ3n) is 5.61. The fourth-order valence-corrected chi connectivity index (χ4v) is 4.83. The molecule has 35 heavy (non-hydrogen) atoms. The van der Waals surface area contributed by atoms with Crippen LogP contribution < -0.4 is 4.72 Å². The lowest BCUT2D eigenvalue weighted by atomic mass is 9.95. The lowest BCUT2D eigenvalue weighted by Crippen LogP contribution is -2.35. The Kier molecular flexibility index (Phi) is 6.93. The first-order valence-electron chi connectivity index (χ1n) is 10.6. The molecule has 0 unspecified atom stereocenters. The van der Waals surface area contributed by atoms with Gasteiger partial charge in [-0.1, -0.05) is 12.1 Å². The molecule has 0 bridgehead atoms. The van der Waals surface area contributed by atoms with Gasteiger partial charge in [0.05, 0.1) is 29.4 Å². The number of sulfonamides is 1. The summed E-state index contributed by atoms with van der Waals surface area (Å²) in [5, 5.41) is 0. The van der Waals surface area contributed by atoms with Crippen molar-refractivity contribution in [2.75, 3.05) is 31.0 Å². The quantitative estimate of drug-likeness (QED) is 0.604. The normalized spacial score (nSPS) is 17.4. The van der Waals surface area contributed by atoms with Crippen molar-refractivity contribution in [2.24, 2.45) is 0 Å². The summed E-state index contributed by atoms with van der Waals surface area (Å²) in [7, 11) is -4.26. The Morgan fingerprint density at radius 1 is 0.971 bits per heavy atom. The molecule has 1 aliphatic heterocycles. The molecule has 1 saturated heterocycles. The van der Waals surface area contributed by atoms with Crippen molar-refractivity contribution in [1.82, 2.24) is 4.90 Å². The molecule has 4 rings (SSSR count). The molecule has 1 fully saturated rings. The molecule has 0 atom stereocenters. The van der Waals surface area contributed by atoms with Crippen molar-refractivity contribution in [1.29, 1.82) is 0 Å². The Bertz CT molecular complexity index is 1310. The largest absolute Gasteiger partial charge is 0.416 e. The van der Waals surface area contributed by atoms with Gasteiger partial charge in [0.25, 0.3) is 10.0 Å². The van der Waals surface area contributed by atoms with Crippen molar-refractivity contribution in [3.8, 4) is 0 Å². The molecule has 2 aromatic carbocycles. The van der Waals surface area contributed by atoms with Crippen LogP contribution in [0.15, 0.2) is 65.6 Å². The van der Waals surface area contributed by atoms with Gasteiger partial charge >= 0.3 is 6.18 Å². The summed E-state index contributed by atoms with van der Waals surface area (Å²) in [5.41, 5.74) is 0.238. The Balaban J connectivity index is 1.69. The number of ketones is 2. The third-order valence-corrected chi connectivity index (χ3v) is 6.99. The van der Waals surface area contributed by atoms with Crippen LogP contribution in [0.4, 0.5) is 18.9 Å². The van der Waals surface area contributed by atoms with Crippen molar-refractivity contribution in [3.63, 3.8) is 0 Å². The number of nitrogens with zero attached hydrogens (tertiary/aromatic N) is 1. The number of halogens is 3. The molecule has 184 valence electrons. The van der Waals surface area contributed by atoms with Gasteiger partial charge in [-0.25, -0.2) is 8.42 Å². The second-order valence-electron chi connectivity index (χ2n) is 8.05. The molecule has 0 saturated carbocycles. The maximum absolute atomic E-state index is 13.0.